The molecule has 0 aliphatic rings. The summed E-state index contributed by atoms with van der Waals surface area (Å²) in [6, 6.07) is 7.39. The molecule has 0 bridgehead atoms. The van der Waals surface area contributed by atoms with Gasteiger partial charge < -0.3 is 0 Å². The Hall–Kier alpha value is -1.35. The first-order valence-electron chi connectivity index (χ1n) is 11.9. The van der Waals surface area contributed by atoms with Gasteiger partial charge in [-0.05, 0) is 25.0 Å². The van der Waals surface area contributed by atoms with Crippen molar-refractivity contribution < 1.29 is 14.6 Å². The molecule has 1 radical (unpaired) electrons. The Morgan fingerprint density at radius 2 is 1.17 bits per heavy atom. The third kappa shape index (κ3) is 14.3. The smallest absolute Gasteiger partial charge is 0.293 e. The zero-order valence-electron chi connectivity index (χ0n) is 18.8. The normalized spacial score (nSPS) is 11.0. The molecule has 1 aromatic carbocycles. The highest BCUT2D eigenvalue weighted by molar-refractivity contribution is 5.90. The number of hydrogen-bond acceptors (Lipinski definition) is 3. The molecule has 0 unspecified atom stereocenters. The summed E-state index contributed by atoms with van der Waals surface area (Å²) < 4.78 is 0. The molecule has 0 heterocycles. The molecule has 3 heteroatoms. The van der Waals surface area contributed by atoms with E-state index >= 15 is 0 Å². The molecule has 0 aliphatic heterocycles. The quantitative estimate of drug-likeness (QED) is 0.133. The SMILES string of the molecule is [CH2]CCCCCCCCCCCCCCCCCOOC(=O)c1ccccc1C. The highest BCUT2D eigenvalue weighted by Gasteiger charge is 2.10. The van der Waals surface area contributed by atoms with Crippen LogP contribution in [0.15, 0.2) is 24.3 Å². The minimum atomic E-state index is -0.405. The zero-order valence-corrected chi connectivity index (χ0v) is 18.8. The Morgan fingerprint density at radius 3 is 1.66 bits per heavy atom. The first kappa shape index (κ1) is 25.7. The maximum Gasteiger partial charge on any atom is 0.373 e. The van der Waals surface area contributed by atoms with Crippen LogP contribution in [-0.2, 0) is 9.78 Å². The predicted molar refractivity (Wildman–Crippen MR) is 122 cm³/mol. The Bertz CT molecular complexity index is 512. The van der Waals surface area contributed by atoms with Crippen molar-refractivity contribution >= 4 is 5.97 Å². The van der Waals surface area contributed by atoms with Gasteiger partial charge in [-0.1, -0.05) is 121 Å². The molecule has 3 nitrogen and oxygen atoms in total. The zero-order chi connectivity index (χ0) is 21.0. The van der Waals surface area contributed by atoms with E-state index in [2.05, 4.69) is 6.92 Å². The number of hydrogen-bond donors (Lipinski definition) is 0. The van der Waals surface area contributed by atoms with Crippen molar-refractivity contribution in [3.63, 3.8) is 0 Å². The van der Waals surface area contributed by atoms with Crippen LogP contribution in [0.25, 0.3) is 0 Å². The third-order valence-electron chi connectivity index (χ3n) is 5.48. The Kier molecular flexibility index (Phi) is 16.5. The molecule has 0 aliphatic carbocycles. The maximum absolute atomic E-state index is 11.9. The fraction of sp³-hybridized carbons (Fsp3) is 0.692. The third-order valence-corrected chi connectivity index (χ3v) is 5.48. The molecule has 0 saturated heterocycles. The minimum Gasteiger partial charge on any atom is -0.293 e. The highest BCUT2D eigenvalue weighted by atomic mass is 17.2. The second-order valence-corrected chi connectivity index (χ2v) is 8.16. The monoisotopic (exact) mass is 403 g/mol. The average Bonchev–Trinajstić information content (AvgIpc) is 2.73. The van der Waals surface area contributed by atoms with E-state index in [4.69, 9.17) is 9.78 Å². The molecule has 0 N–H and O–H groups in total. The van der Waals surface area contributed by atoms with Gasteiger partial charge in [0.15, 0.2) is 0 Å². The predicted octanol–water partition coefficient (Wildman–Crippen LogP) is 8.16. The van der Waals surface area contributed by atoms with Crippen LogP contribution in [0.4, 0.5) is 0 Å². The van der Waals surface area contributed by atoms with E-state index < -0.39 is 5.97 Å². The van der Waals surface area contributed by atoms with Crippen molar-refractivity contribution in [2.24, 2.45) is 0 Å². The summed E-state index contributed by atoms with van der Waals surface area (Å²) in [6.07, 6.45) is 20.9. The van der Waals surface area contributed by atoms with Crippen molar-refractivity contribution in [1.82, 2.24) is 0 Å². The second kappa shape index (κ2) is 18.7. The van der Waals surface area contributed by atoms with Crippen LogP contribution in [-0.4, -0.2) is 12.6 Å². The van der Waals surface area contributed by atoms with Gasteiger partial charge in [-0.2, -0.15) is 4.89 Å². The van der Waals surface area contributed by atoms with Crippen LogP contribution in [0.3, 0.4) is 0 Å². The summed E-state index contributed by atoms with van der Waals surface area (Å²) in [7, 11) is 0. The molecule has 0 atom stereocenters. The highest BCUT2D eigenvalue weighted by Crippen LogP contribution is 2.14. The lowest BCUT2D eigenvalue weighted by Crippen LogP contribution is -2.08. The lowest BCUT2D eigenvalue weighted by atomic mass is 10.0. The van der Waals surface area contributed by atoms with Crippen molar-refractivity contribution in [2.75, 3.05) is 6.61 Å². The lowest BCUT2D eigenvalue weighted by molar-refractivity contribution is -0.241. The molecule has 0 spiro atoms. The van der Waals surface area contributed by atoms with Crippen LogP contribution >= 0.6 is 0 Å². The first-order valence-corrected chi connectivity index (χ1v) is 11.9. The minimum absolute atomic E-state index is 0.405. The van der Waals surface area contributed by atoms with Crippen LogP contribution in [0.1, 0.15) is 119 Å². The summed E-state index contributed by atoms with van der Waals surface area (Å²) in [6.45, 7) is 6.26. The summed E-state index contributed by atoms with van der Waals surface area (Å²) in [5, 5.41) is 0. The molecule has 1 aromatic rings. The van der Waals surface area contributed by atoms with Gasteiger partial charge in [0.25, 0.3) is 0 Å². The molecule has 0 saturated carbocycles. The summed E-state index contributed by atoms with van der Waals surface area (Å²) in [4.78, 5) is 21.9. The largest absolute Gasteiger partial charge is 0.373 e. The Morgan fingerprint density at radius 1 is 0.724 bits per heavy atom. The summed E-state index contributed by atoms with van der Waals surface area (Å²) >= 11 is 0. The van der Waals surface area contributed by atoms with Crippen LogP contribution in [0, 0.1) is 13.8 Å². The van der Waals surface area contributed by atoms with Crippen molar-refractivity contribution in [3.05, 3.63) is 42.3 Å². The van der Waals surface area contributed by atoms with Gasteiger partial charge in [-0.3, -0.25) is 4.89 Å². The number of rotatable bonds is 19. The fourth-order valence-corrected chi connectivity index (χ4v) is 3.58. The van der Waals surface area contributed by atoms with Crippen molar-refractivity contribution in [1.29, 1.82) is 0 Å². The maximum atomic E-state index is 11.9. The Labute approximate surface area is 179 Å². The van der Waals surface area contributed by atoms with E-state index in [1.807, 2.05) is 25.1 Å². The van der Waals surface area contributed by atoms with Crippen molar-refractivity contribution in [2.45, 2.75) is 110 Å². The standard InChI is InChI=1S/C26H43O3/c1-3-4-5-6-7-8-9-10-11-12-13-14-15-16-17-20-23-28-29-26(27)25-22-19-18-21-24(25)2/h18-19,21-22H,1,3-17,20,23H2,2H3. The lowest BCUT2D eigenvalue weighted by Gasteiger charge is -2.06. The molecule has 1 rings (SSSR count). The van der Waals surface area contributed by atoms with Crippen LogP contribution in [0.2, 0.25) is 0 Å². The second-order valence-electron chi connectivity index (χ2n) is 8.16. The van der Waals surface area contributed by atoms with E-state index in [0.29, 0.717) is 12.2 Å². The van der Waals surface area contributed by atoms with E-state index in [9.17, 15) is 4.79 Å². The van der Waals surface area contributed by atoms with Crippen LogP contribution < -0.4 is 0 Å². The molecule has 0 aromatic heterocycles. The first-order chi connectivity index (χ1) is 14.3. The number of carbonyl (C=O) groups is 1. The van der Waals surface area contributed by atoms with E-state index in [1.54, 1.807) is 6.07 Å². The van der Waals surface area contributed by atoms with Gasteiger partial charge in [0.2, 0.25) is 0 Å². The van der Waals surface area contributed by atoms with E-state index in [1.165, 1.54) is 83.5 Å². The van der Waals surface area contributed by atoms with Gasteiger partial charge in [0.1, 0.15) is 0 Å². The van der Waals surface area contributed by atoms with Crippen LogP contribution in [0.5, 0.6) is 0 Å². The molecular formula is C26H43O3. The summed E-state index contributed by atoms with van der Waals surface area (Å²) in [5.74, 6) is -0.405. The number of aryl methyl sites for hydroxylation is 1. The number of unbranched alkanes of at least 4 members (excludes halogenated alkanes) is 15. The van der Waals surface area contributed by atoms with Gasteiger partial charge in [0, 0.05) is 0 Å². The van der Waals surface area contributed by atoms with Gasteiger partial charge in [-0.25, -0.2) is 4.79 Å². The molecule has 29 heavy (non-hydrogen) atoms. The molecule has 0 fully saturated rings. The number of benzene rings is 1. The molecule has 165 valence electrons. The van der Waals surface area contributed by atoms with Gasteiger partial charge >= 0.3 is 5.97 Å². The van der Waals surface area contributed by atoms with E-state index in [0.717, 1.165) is 24.8 Å². The number of carbonyl (C=O) groups excluding carboxylic acids is 1. The van der Waals surface area contributed by atoms with Gasteiger partial charge in [-0.15, -0.1) is 0 Å². The molecule has 0 amide bonds. The fourth-order valence-electron chi connectivity index (χ4n) is 3.58. The molecular weight excluding hydrogens is 360 g/mol. The van der Waals surface area contributed by atoms with Crippen molar-refractivity contribution in [3.8, 4) is 0 Å². The summed E-state index contributed by atoms with van der Waals surface area (Å²) in [5.41, 5.74) is 1.47. The van der Waals surface area contributed by atoms with Gasteiger partial charge in [0.05, 0.1) is 12.2 Å². The Balaban J connectivity index is 1.78. The van der Waals surface area contributed by atoms with E-state index in [-0.39, 0.29) is 0 Å². The topological polar surface area (TPSA) is 35.5 Å². The average molecular weight is 404 g/mol.